The quantitative estimate of drug-likeness (QED) is 0.262. The Hall–Kier alpha value is -3.66. The number of anilines is 4. The van der Waals surface area contributed by atoms with E-state index in [9.17, 15) is 0 Å². The molecule has 0 aliphatic carbocycles. The Bertz CT molecular complexity index is 1440. The van der Waals surface area contributed by atoms with E-state index < -0.39 is 0 Å². The lowest BCUT2D eigenvalue weighted by atomic mass is 9.77. The first-order valence-corrected chi connectivity index (χ1v) is 13.9. The van der Waals surface area contributed by atoms with Crippen LogP contribution in [0.25, 0.3) is 11.3 Å². The third-order valence-electron chi connectivity index (χ3n) is 8.54. The number of rotatable bonds is 6. The van der Waals surface area contributed by atoms with Gasteiger partial charge in [0.2, 0.25) is 0 Å². The molecule has 0 saturated heterocycles. The van der Waals surface area contributed by atoms with Crippen LogP contribution in [0.4, 0.5) is 23.0 Å². The number of nitrogens with zero attached hydrogens (tertiary/aromatic N) is 4. The molecule has 4 nitrogen and oxygen atoms in total. The average molecular weight is 505 g/mol. The molecule has 4 aromatic rings. The average Bonchev–Trinajstić information content (AvgIpc) is 3.18. The highest BCUT2D eigenvalue weighted by molar-refractivity contribution is 5.86. The van der Waals surface area contributed by atoms with E-state index in [1.54, 1.807) is 0 Å². The van der Waals surface area contributed by atoms with Gasteiger partial charge in [0.15, 0.2) is 11.6 Å². The molecule has 0 radical (unpaired) electrons. The second-order valence-electron chi connectivity index (χ2n) is 11.2. The SMILES string of the molecule is CCC(C)(CC)c1ccccc1N1c2nc(-c3c(C)cccc3C)cnc2N(c2cc(C)cc(C)c2)C1C. The normalized spacial score (nSPS) is 15.2. The van der Waals surface area contributed by atoms with Crippen LogP contribution >= 0.6 is 0 Å². The Kier molecular flexibility index (Phi) is 6.77. The molecule has 5 rings (SSSR count). The summed E-state index contributed by atoms with van der Waals surface area (Å²) in [6, 6.07) is 22.0. The molecule has 0 amide bonds. The summed E-state index contributed by atoms with van der Waals surface area (Å²) in [5, 5.41) is 0. The minimum absolute atomic E-state index is 0.0125. The number of aromatic nitrogens is 2. The second-order valence-corrected chi connectivity index (χ2v) is 11.2. The smallest absolute Gasteiger partial charge is 0.179 e. The molecule has 4 heteroatoms. The van der Waals surface area contributed by atoms with Crippen LogP contribution in [0.5, 0.6) is 0 Å². The number of hydrogen-bond acceptors (Lipinski definition) is 4. The summed E-state index contributed by atoms with van der Waals surface area (Å²) in [4.78, 5) is 15.2. The van der Waals surface area contributed by atoms with Gasteiger partial charge in [0, 0.05) is 16.9 Å². The fraction of sp³-hybridized carbons (Fsp3) is 0.353. The van der Waals surface area contributed by atoms with Crippen molar-refractivity contribution in [2.45, 2.75) is 79.8 Å². The highest BCUT2D eigenvalue weighted by atomic mass is 15.5. The van der Waals surface area contributed by atoms with Crippen LogP contribution in [-0.4, -0.2) is 16.1 Å². The van der Waals surface area contributed by atoms with Crippen molar-refractivity contribution in [2.75, 3.05) is 9.80 Å². The molecule has 0 bridgehead atoms. The first kappa shape index (κ1) is 26.0. The van der Waals surface area contributed by atoms with Crippen LogP contribution < -0.4 is 9.80 Å². The highest BCUT2D eigenvalue weighted by Gasteiger charge is 2.40. The summed E-state index contributed by atoms with van der Waals surface area (Å²) in [5.41, 5.74) is 10.8. The van der Waals surface area contributed by atoms with E-state index in [-0.39, 0.29) is 11.6 Å². The summed E-state index contributed by atoms with van der Waals surface area (Å²) in [5.74, 6) is 1.82. The van der Waals surface area contributed by atoms with Gasteiger partial charge in [-0.25, -0.2) is 9.97 Å². The van der Waals surface area contributed by atoms with Gasteiger partial charge < -0.3 is 9.80 Å². The van der Waals surface area contributed by atoms with Gasteiger partial charge in [-0.2, -0.15) is 0 Å². The Morgan fingerprint density at radius 2 is 1.42 bits per heavy atom. The Labute approximate surface area is 228 Å². The van der Waals surface area contributed by atoms with Crippen molar-refractivity contribution in [1.82, 2.24) is 9.97 Å². The van der Waals surface area contributed by atoms with Gasteiger partial charge in [0.25, 0.3) is 0 Å². The van der Waals surface area contributed by atoms with Crippen molar-refractivity contribution in [3.8, 4) is 11.3 Å². The third-order valence-corrected chi connectivity index (χ3v) is 8.54. The Morgan fingerprint density at radius 3 is 2.05 bits per heavy atom. The lowest BCUT2D eigenvalue weighted by Crippen LogP contribution is -2.37. The molecule has 0 saturated carbocycles. The van der Waals surface area contributed by atoms with Crippen molar-refractivity contribution in [3.05, 3.63) is 94.7 Å². The van der Waals surface area contributed by atoms with Crippen molar-refractivity contribution in [1.29, 1.82) is 0 Å². The number of fused-ring (bicyclic) bond motifs is 1. The van der Waals surface area contributed by atoms with E-state index in [1.165, 1.54) is 39.1 Å². The summed E-state index contributed by atoms with van der Waals surface area (Å²) < 4.78 is 0. The van der Waals surface area contributed by atoms with Crippen LogP contribution in [0.3, 0.4) is 0 Å². The number of aryl methyl sites for hydroxylation is 4. The predicted octanol–water partition coefficient (Wildman–Crippen LogP) is 9.09. The van der Waals surface area contributed by atoms with E-state index in [1.807, 2.05) is 6.20 Å². The first-order valence-electron chi connectivity index (χ1n) is 13.9. The van der Waals surface area contributed by atoms with Gasteiger partial charge in [-0.3, -0.25) is 0 Å². The zero-order valence-electron chi connectivity index (χ0n) is 24.1. The topological polar surface area (TPSA) is 32.3 Å². The lowest BCUT2D eigenvalue weighted by molar-refractivity contribution is 0.438. The molecule has 1 atom stereocenters. The van der Waals surface area contributed by atoms with Crippen LogP contribution in [0.15, 0.2) is 66.9 Å². The Balaban J connectivity index is 1.77. The van der Waals surface area contributed by atoms with Gasteiger partial charge in [0.05, 0.1) is 11.9 Å². The minimum atomic E-state index is 0.0125. The molecule has 38 heavy (non-hydrogen) atoms. The molecule has 1 aromatic heterocycles. The summed E-state index contributed by atoms with van der Waals surface area (Å²) in [6.45, 7) is 17.9. The molecule has 0 N–H and O–H groups in total. The van der Waals surface area contributed by atoms with Crippen molar-refractivity contribution in [3.63, 3.8) is 0 Å². The number of benzene rings is 3. The Morgan fingerprint density at radius 1 is 0.789 bits per heavy atom. The molecule has 3 aromatic carbocycles. The third kappa shape index (κ3) is 4.26. The van der Waals surface area contributed by atoms with Crippen LogP contribution in [0.2, 0.25) is 0 Å². The second kappa shape index (κ2) is 9.90. The molecule has 2 heterocycles. The maximum atomic E-state index is 5.37. The number of hydrogen-bond donors (Lipinski definition) is 0. The summed E-state index contributed by atoms with van der Waals surface area (Å²) in [6.07, 6.45) is 4.11. The van der Waals surface area contributed by atoms with E-state index >= 15 is 0 Å². The van der Waals surface area contributed by atoms with Crippen molar-refractivity contribution >= 4 is 23.0 Å². The molecular weight excluding hydrogens is 464 g/mol. The van der Waals surface area contributed by atoms with E-state index in [2.05, 4.69) is 126 Å². The van der Waals surface area contributed by atoms with Crippen LogP contribution in [-0.2, 0) is 5.41 Å². The zero-order chi connectivity index (χ0) is 27.2. The van der Waals surface area contributed by atoms with Crippen LogP contribution in [0, 0.1) is 27.7 Å². The van der Waals surface area contributed by atoms with Gasteiger partial charge >= 0.3 is 0 Å². The molecule has 1 aliphatic rings. The standard InChI is InChI=1S/C34H40N4/c1-9-34(8,10-2)28-16-11-12-17-30(28)38-26(7)37(27-19-22(3)18-23(4)20-27)32-33(38)36-29(21-35-32)31-24(5)14-13-15-25(31)6/h11-21,26H,9-10H2,1-8H3. The fourth-order valence-electron chi connectivity index (χ4n) is 6.08. The summed E-state index contributed by atoms with van der Waals surface area (Å²) >= 11 is 0. The summed E-state index contributed by atoms with van der Waals surface area (Å²) in [7, 11) is 0. The van der Waals surface area contributed by atoms with E-state index in [0.717, 1.165) is 35.9 Å². The maximum Gasteiger partial charge on any atom is 0.179 e. The molecule has 1 unspecified atom stereocenters. The molecule has 196 valence electrons. The fourth-order valence-corrected chi connectivity index (χ4v) is 6.08. The van der Waals surface area contributed by atoms with Gasteiger partial charge in [-0.15, -0.1) is 0 Å². The monoisotopic (exact) mass is 504 g/mol. The zero-order valence-corrected chi connectivity index (χ0v) is 24.1. The lowest BCUT2D eigenvalue weighted by Gasteiger charge is -2.35. The van der Waals surface area contributed by atoms with Gasteiger partial charge in [-0.1, -0.05) is 63.2 Å². The highest BCUT2D eigenvalue weighted by Crippen LogP contribution is 2.49. The van der Waals surface area contributed by atoms with Crippen LogP contribution in [0.1, 0.15) is 68.4 Å². The van der Waals surface area contributed by atoms with Gasteiger partial charge in [0.1, 0.15) is 6.17 Å². The van der Waals surface area contributed by atoms with Crippen molar-refractivity contribution < 1.29 is 0 Å². The molecular formula is C34H40N4. The van der Waals surface area contributed by atoms with E-state index in [0.29, 0.717) is 0 Å². The molecule has 1 aliphatic heterocycles. The predicted molar refractivity (Wildman–Crippen MR) is 161 cm³/mol. The number of para-hydroxylation sites is 1. The molecule has 0 fully saturated rings. The molecule has 0 spiro atoms. The largest absolute Gasteiger partial charge is 0.302 e. The minimum Gasteiger partial charge on any atom is -0.302 e. The van der Waals surface area contributed by atoms with Gasteiger partial charge in [-0.05, 0) is 98.9 Å². The van der Waals surface area contributed by atoms with Crippen molar-refractivity contribution in [2.24, 2.45) is 0 Å². The van der Waals surface area contributed by atoms with E-state index in [4.69, 9.17) is 9.97 Å². The first-order chi connectivity index (χ1) is 18.2. The maximum absolute atomic E-state index is 5.37.